The Balaban J connectivity index is 2.80. The van der Waals surface area contributed by atoms with Gasteiger partial charge < -0.3 is 10.8 Å². The monoisotopic (exact) mass is 286 g/mol. The average molecular weight is 286 g/mol. The Labute approximate surface area is 114 Å². The van der Waals surface area contributed by atoms with Crippen LogP contribution in [0.3, 0.4) is 0 Å². The first-order valence-electron chi connectivity index (χ1n) is 6.18. The summed E-state index contributed by atoms with van der Waals surface area (Å²) in [6.45, 7) is 4.29. The van der Waals surface area contributed by atoms with E-state index in [-0.39, 0.29) is 24.3 Å². The molecule has 1 aromatic rings. The molecule has 108 valence electrons. The summed E-state index contributed by atoms with van der Waals surface area (Å²) in [6.07, 6.45) is 0. The molecule has 0 spiro atoms. The van der Waals surface area contributed by atoms with Crippen LogP contribution in [0.25, 0.3) is 0 Å². The van der Waals surface area contributed by atoms with Crippen LogP contribution in [-0.4, -0.2) is 32.4 Å². The van der Waals surface area contributed by atoms with Gasteiger partial charge in [0.15, 0.2) is 0 Å². The molecule has 0 radical (unpaired) electrons. The second kappa shape index (κ2) is 6.47. The van der Waals surface area contributed by atoms with E-state index < -0.39 is 10.0 Å². The quantitative estimate of drug-likeness (QED) is 0.673. The maximum absolute atomic E-state index is 11.5. The molecule has 0 aliphatic heterocycles. The predicted octanol–water partition coefficient (Wildman–Crippen LogP) is 0.335. The highest BCUT2D eigenvalue weighted by Crippen LogP contribution is 2.23. The fraction of sp³-hybridized carbons (Fsp3) is 0.538. The van der Waals surface area contributed by atoms with Gasteiger partial charge in [0.05, 0.1) is 12.4 Å². The molecule has 0 atom stereocenters. The van der Waals surface area contributed by atoms with Crippen molar-refractivity contribution >= 4 is 10.0 Å². The van der Waals surface area contributed by atoms with E-state index >= 15 is 0 Å². The minimum absolute atomic E-state index is 0.272. The normalized spacial score (nSPS) is 12.6. The van der Waals surface area contributed by atoms with Crippen LogP contribution in [0.15, 0.2) is 24.3 Å². The van der Waals surface area contributed by atoms with Crippen LogP contribution in [0.4, 0.5) is 0 Å². The Bertz CT molecular complexity index is 512. The van der Waals surface area contributed by atoms with E-state index in [0.717, 1.165) is 11.1 Å². The summed E-state index contributed by atoms with van der Waals surface area (Å²) in [6, 6.07) is 7.80. The summed E-state index contributed by atoms with van der Waals surface area (Å²) in [4.78, 5) is 0. The number of nitrogens with two attached hydrogens (primary N) is 1. The van der Waals surface area contributed by atoms with Crippen molar-refractivity contribution < 1.29 is 13.5 Å². The van der Waals surface area contributed by atoms with E-state index in [2.05, 4.69) is 4.72 Å². The van der Waals surface area contributed by atoms with Gasteiger partial charge in [-0.15, -0.1) is 0 Å². The van der Waals surface area contributed by atoms with Crippen LogP contribution < -0.4 is 10.5 Å². The van der Waals surface area contributed by atoms with Crippen LogP contribution in [0, 0.1) is 0 Å². The molecule has 0 aliphatic carbocycles. The molecule has 5 nitrogen and oxygen atoms in total. The van der Waals surface area contributed by atoms with Crippen molar-refractivity contribution in [2.45, 2.75) is 25.8 Å². The molecule has 4 N–H and O–H groups in total. The first-order chi connectivity index (χ1) is 8.80. The topological polar surface area (TPSA) is 92.4 Å². The maximum Gasteiger partial charge on any atom is 0.213 e. The minimum Gasteiger partial charge on any atom is -0.395 e. The zero-order valence-electron chi connectivity index (χ0n) is 11.4. The van der Waals surface area contributed by atoms with Crippen molar-refractivity contribution in [2.24, 2.45) is 5.73 Å². The van der Waals surface area contributed by atoms with Crippen molar-refractivity contribution in [1.29, 1.82) is 0 Å². The third-order valence-electron chi connectivity index (χ3n) is 3.04. The SMILES string of the molecule is CC(C)(CNS(=O)(=O)CCO)c1cccc(CN)c1. The van der Waals surface area contributed by atoms with Crippen molar-refractivity contribution in [3.05, 3.63) is 35.4 Å². The number of aliphatic hydroxyl groups is 1. The van der Waals surface area contributed by atoms with Crippen LogP contribution in [0.2, 0.25) is 0 Å². The van der Waals surface area contributed by atoms with Gasteiger partial charge in [-0.3, -0.25) is 0 Å². The highest BCUT2D eigenvalue weighted by Gasteiger charge is 2.23. The zero-order valence-corrected chi connectivity index (χ0v) is 12.2. The molecule has 1 rings (SSSR count). The Morgan fingerprint density at radius 2 is 2.05 bits per heavy atom. The molecule has 19 heavy (non-hydrogen) atoms. The smallest absolute Gasteiger partial charge is 0.213 e. The zero-order chi connectivity index (χ0) is 14.5. The number of hydrogen-bond donors (Lipinski definition) is 3. The summed E-state index contributed by atoms with van der Waals surface area (Å²) in [5.41, 5.74) is 7.31. The second-order valence-electron chi connectivity index (χ2n) is 5.15. The predicted molar refractivity (Wildman–Crippen MR) is 76.2 cm³/mol. The Hall–Kier alpha value is -0.950. The van der Waals surface area contributed by atoms with Gasteiger partial charge in [-0.2, -0.15) is 0 Å². The molecule has 6 heteroatoms. The van der Waals surface area contributed by atoms with Gasteiger partial charge in [-0.1, -0.05) is 38.1 Å². The summed E-state index contributed by atoms with van der Waals surface area (Å²) in [5, 5.41) is 8.68. The Kier molecular flexibility index (Phi) is 5.49. The lowest BCUT2D eigenvalue weighted by Crippen LogP contribution is -2.38. The van der Waals surface area contributed by atoms with Gasteiger partial charge in [0.1, 0.15) is 0 Å². The summed E-state index contributed by atoms with van der Waals surface area (Å²) in [7, 11) is -3.41. The fourth-order valence-corrected chi connectivity index (χ4v) is 2.67. The molecule has 0 saturated carbocycles. The van der Waals surface area contributed by atoms with Crippen LogP contribution in [0.1, 0.15) is 25.0 Å². The first-order valence-corrected chi connectivity index (χ1v) is 7.83. The summed E-state index contributed by atoms with van der Waals surface area (Å²) < 4.78 is 25.6. The van der Waals surface area contributed by atoms with Crippen molar-refractivity contribution in [3.8, 4) is 0 Å². The lowest BCUT2D eigenvalue weighted by Gasteiger charge is -2.26. The lowest BCUT2D eigenvalue weighted by molar-refractivity contribution is 0.319. The van der Waals surface area contributed by atoms with Gasteiger partial charge in [-0.05, 0) is 11.1 Å². The molecule has 0 heterocycles. The van der Waals surface area contributed by atoms with Crippen molar-refractivity contribution in [2.75, 3.05) is 18.9 Å². The summed E-state index contributed by atoms with van der Waals surface area (Å²) in [5.74, 6) is -0.272. The first kappa shape index (κ1) is 16.1. The maximum atomic E-state index is 11.5. The van der Waals surface area contributed by atoms with Crippen LogP contribution >= 0.6 is 0 Å². The molecule has 0 fully saturated rings. The van der Waals surface area contributed by atoms with E-state index in [1.54, 1.807) is 0 Å². The number of aliphatic hydroxyl groups excluding tert-OH is 1. The molecule has 0 aliphatic rings. The molecule has 0 bridgehead atoms. The van der Waals surface area contributed by atoms with Crippen LogP contribution in [0.5, 0.6) is 0 Å². The minimum atomic E-state index is -3.41. The number of nitrogens with one attached hydrogen (secondary N) is 1. The van der Waals surface area contributed by atoms with E-state index in [0.29, 0.717) is 6.54 Å². The van der Waals surface area contributed by atoms with Gasteiger partial charge in [0, 0.05) is 18.5 Å². The van der Waals surface area contributed by atoms with Gasteiger partial charge in [0.25, 0.3) is 0 Å². The third-order valence-corrected chi connectivity index (χ3v) is 4.34. The van der Waals surface area contributed by atoms with Gasteiger partial charge in [-0.25, -0.2) is 13.1 Å². The van der Waals surface area contributed by atoms with E-state index in [4.69, 9.17) is 10.8 Å². The number of benzene rings is 1. The standard InChI is InChI=1S/C13H22N2O3S/c1-13(2,10-15-19(17,18)7-6-16)12-5-3-4-11(8-12)9-14/h3-5,8,15-16H,6-7,9-10,14H2,1-2H3. The number of rotatable bonds is 7. The summed E-state index contributed by atoms with van der Waals surface area (Å²) >= 11 is 0. The largest absolute Gasteiger partial charge is 0.395 e. The fourth-order valence-electron chi connectivity index (χ4n) is 1.70. The van der Waals surface area contributed by atoms with E-state index in [1.165, 1.54) is 0 Å². The molecule has 0 aromatic heterocycles. The molecule has 0 saturated heterocycles. The van der Waals surface area contributed by atoms with E-state index in [1.807, 2.05) is 38.1 Å². The number of hydrogen-bond acceptors (Lipinski definition) is 4. The molecule has 1 aromatic carbocycles. The van der Waals surface area contributed by atoms with Gasteiger partial charge >= 0.3 is 0 Å². The highest BCUT2D eigenvalue weighted by atomic mass is 32.2. The second-order valence-corrected chi connectivity index (χ2v) is 7.08. The van der Waals surface area contributed by atoms with Crippen LogP contribution in [-0.2, 0) is 22.0 Å². The molecular weight excluding hydrogens is 264 g/mol. The Morgan fingerprint density at radius 3 is 2.63 bits per heavy atom. The van der Waals surface area contributed by atoms with Crippen molar-refractivity contribution in [3.63, 3.8) is 0 Å². The van der Waals surface area contributed by atoms with E-state index in [9.17, 15) is 8.42 Å². The average Bonchev–Trinajstić information content (AvgIpc) is 2.37. The number of sulfonamides is 1. The van der Waals surface area contributed by atoms with Crippen molar-refractivity contribution in [1.82, 2.24) is 4.72 Å². The lowest BCUT2D eigenvalue weighted by atomic mass is 9.84. The highest BCUT2D eigenvalue weighted by molar-refractivity contribution is 7.89. The molecule has 0 amide bonds. The van der Waals surface area contributed by atoms with Gasteiger partial charge in [0.2, 0.25) is 10.0 Å². The molecular formula is C13H22N2O3S. The third kappa shape index (κ3) is 4.91. The molecule has 0 unspecified atom stereocenters. The Morgan fingerprint density at radius 1 is 1.37 bits per heavy atom.